The van der Waals surface area contributed by atoms with Crippen molar-refractivity contribution in [3.63, 3.8) is 0 Å². The quantitative estimate of drug-likeness (QED) is 0.657. The van der Waals surface area contributed by atoms with E-state index >= 15 is 0 Å². The number of alkyl carbamates (subject to hydrolysis) is 1. The summed E-state index contributed by atoms with van der Waals surface area (Å²) in [6.45, 7) is 6.33. The standard InChI is InChI=1S/C16H23FN2O5/c1-16(2,3)24-15(22)19-7-9-23-8-6-18-14(21)11-4-5-13(20)12(17)10-11/h4-5,10,20H,6-9H2,1-3H3,(H,18,21)(H,19,22). The molecule has 0 aliphatic carbocycles. The molecule has 0 saturated heterocycles. The molecule has 0 aromatic heterocycles. The summed E-state index contributed by atoms with van der Waals surface area (Å²) in [6, 6.07) is 3.39. The van der Waals surface area contributed by atoms with E-state index in [9.17, 15) is 14.0 Å². The topological polar surface area (TPSA) is 96.9 Å². The highest BCUT2D eigenvalue weighted by Crippen LogP contribution is 2.15. The maximum Gasteiger partial charge on any atom is 0.407 e. The Bertz CT molecular complexity index is 572. The van der Waals surface area contributed by atoms with E-state index in [1.165, 1.54) is 6.07 Å². The van der Waals surface area contributed by atoms with Crippen LogP contribution in [-0.2, 0) is 9.47 Å². The first-order valence-electron chi connectivity index (χ1n) is 7.50. The van der Waals surface area contributed by atoms with Crippen LogP contribution in [0.5, 0.6) is 5.75 Å². The number of ether oxygens (including phenoxy) is 2. The first-order valence-corrected chi connectivity index (χ1v) is 7.50. The normalized spacial score (nSPS) is 11.0. The Morgan fingerprint density at radius 3 is 2.38 bits per heavy atom. The lowest BCUT2D eigenvalue weighted by molar-refractivity contribution is 0.0500. The van der Waals surface area contributed by atoms with E-state index in [4.69, 9.17) is 14.6 Å². The summed E-state index contributed by atoms with van der Waals surface area (Å²) in [6.07, 6.45) is -0.520. The highest BCUT2D eigenvalue weighted by atomic mass is 19.1. The van der Waals surface area contributed by atoms with Crippen molar-refractivity contribution in [3.05, 3.63) is 29.6 Å². The van der Waals surface area contributed by atoms with Crippen LogP contribution >= 0.6 is 0 Å². The lowest BCUT2D eigenvalue weighted by Gasteiger charge is -2.19. The van der Waals surface area contributed by atoms with E-state index in [1.54, 1.807) is 20.8 Å². The van der Waals surface area contributed by atoms with Gasteiger partial charge in [0.2, 0.25) is 0 Å². The number of carbonyl (C=O) groups excluding carboxylic acids is 2. The fraction of sp³-hybridized carbons (Fsp3) is 0.500. The van der Waals surface area contributed by atoms with Gasteiger partial charge in [-0.1, -0.05) is 0 Å². The average molecular weight is 342 g/mol. The summed E-state index contributed by atoms with van der Waals surface area (Å²) in [5.41, 5.74) is -0.444. The number of rotatable bonds is 7. The zero-order valence-electron chi connectivity index (χ0n) is 14.0. The minimum atomic E-state index is -0.855. The van der Waals surface area contributed by atoms with Gasteiger partial charge in [0.25, 0.3) is 5.91 Å². The Labute approximate surface area is 140 Å². The second-order valence-electron chi connectivity index (χ2n) is 5.96. The molecular formula is C16H23FN2O5. The maximum atomic E-state index is 13.1. The van der Waals surface area contributed by atoms with Crippen LogP contribution in [0.15, 0.2) is 18.2 Å². The molecule has 0 aliphatic rings. The van der Waals surface area contributed by atoms with Crippen molar-refractivity contribution in [2.45, 2.75) is 26.4 Å². The maximum absolute atomic E-state index is 13.1. The number of amides is 2. The second kappa shape index (κ2) is 9.07. The zero-order chi connectivity index (χ0) is 18.2. The van der Waals surface area contributed by atoms with E-state index in [-0.39, 0.29) is 31.9 Å². The van der Waals surface area contributed by atoms with Crippen molar-refractivity contribution in [1.82, 2.24) is 10.6 Å². The van der Waals surface area contributed by atoms with Crippen molar-refractivity contribution in [2.75, 3.05) is 26.3 Å². The van der Waals surface area contributed by atoms with Crippen LogP contribution in [0.3, 0.4) is 0 Å². The molecule has 0 saturated carbocycles. The SMILES string of the molecule is CC(C)(C)OC(=O)NCCOCCNC(=O)c1ccc(O)c(F)c1. The molecule has 0 bridgehead atoms. The number of nitrogens with one attached hydrogen (secondary N) is 2. The number of benzene rings is 1. The predicted molar refractivity (Wildman–Crippen MR) is 85.5 cm³/mol. The molecule has 0 fully saturated rings. The molecule has 0 atom stereocenters. The predicted octanol–water partition coefficient (Wildman–Crippen LogP) is 1.80. The molecule has 0 unspecified atom stereocenters. The molecule has 8 heteroatoms. The third kappa shape index (κ3) is 7.77. The molecule has 24 heavy (non-hydrogen) atoms. The molecule has 0 radical (unpaired) electrons. The Morgan fingerprint density at radius 2 is 1.79 bits per heavy atom. The number of carbonyl (C=O) groups is 2. The summed E-state index contributed by atoms with van der Waals surface area (Å²) >= 11 is 0. The Morgan fingerprint density at radius 1 is 1.17 bits per heavy atom. The van der Waals surface area contributed by atoms with E-state index in [0.717, 1.165) is 12.1 Å². The van der Waals surface area contributed by atoms with Crippen molar-refractivity contribution in [1.29, 1.82) is 0 Å². The van der Waals surface area contributed by atoms with Crippen molar-refractivity contribution < 1.29 is 28.6 Å². The minimum Gasteiger partial charge on any atom is -0.505 e. The molecule has 134 valence electrons. The third-order valence-corrected chi connectivity index (χ3v) is 2.66. The van der Waals surface area contributed by atoms with E-state index in [1.807, 2.05) is 0 Å². The molecule has 0 heterocycles. The molecule has 2 amide bonds. The van der Waals surface area contributed by atoms with Gasteiger partial charge in [0, 0.05) is 18.7 Å². The third-order valence-electron chi connectivity index (χ3n) is 2.66. The fourth-order valence-electron chi connectivity index (χ4n) is 1.63. The van der Waals surface area contributed by atoms with Crippen LogP contribution in [0.1, 0.15) is 31.1 Å². The van der Waals surface area contributed by atoms with Crippen molar-refractivity contribution in [3.8, 4) is 5.75 Å². The number of phenols is 1. The lowest BCUT2D eigenvalue weighted by atomic mass is 10.2. The summed E-state index contributed by atoms with van der Waals surface area (Å²) < 4.78 is 23.4. The molecule has 1 aromatic carbocycles. The molecular weight excluding hydrogens is 319 g/mol. The van der Waals surface area contributed by atoms with Gasteiger partial charge >= 0.3 is 6.09 Å². The first kappa shape index (κ1) is 19.7. The van der Waals surface area contributed by atoms with Crippen LogP contribution < -0.4 is 10.6 Å². The first-order chi connectivity index (χ1) is 11.2. The van der Waals surface area contributed by atoms with Gasteiger partial charge in [0.15, 0.2) is 11.6 Å². The van der Waals surface area contributed by atoms with Gasteiger partial charge in [-0.2, -0.15) is 0 Å². The average Bonchev–Trinajstić information content (AvgIpc) is 2.47. The van der Waals surface area contributed by atoms with Gasteiger partial charge in [0.05, 0.1) is 13.2 Å². The number of hydrogen-bond donors (Lipinski definition) is 3. The molecule has 1 rings (SSSR count). The smallest absolute Gasteiger partial charge is 0.407 e. The van der Waals surface area contributed by atoms with Gasteiger partial charge < -0.3 is 25.2 Å². The van der Waals surface area contributed by atoms with Crippen LogP contribution in [0.2, 0.25) is 0 Å². The van der Waals surface area contributed by atoms with Gasteiger partial charge in [-0.05, 0) is 39.0 Å². The van der Waals surface area contributed by atoms with E-state index in [0.29, 0.717) is 0 Å². The fourth-order valence-corrected chi connectivity index (χ4v) is 1.63. The monoisotopic (exact) mass is 342 g/mol. The summed E-state index contributed by atoms with van der Waals surface area (Å²) in [7, 11) is 0. The number of hydrogen-bond acceptors (Lipinski definition) is 5. The highest BCUT2D eigenvalue weighted by Gasteiger charge is 2.15. The van der Waals surface area contributed by atoms with E-state index < -0.39 is 29.2 Å². The van der Waals surface area contributed by atoms with Crippen molar-refractivity contribution in [2.24, 2.45) is 0 Å². The van der Waals surface area contributed by atoms with Crippen LogP contribution in [0.4, 0.5) is 9.18 Å². The van der Waals surface area contributed by atoms with Crippen molar-refractivity contribution >= 4 is 12.0 Å². The summed E-state index contributed by atoms with van der Waals surface area (Å²) in [5, 5.41) is 14.1. The number of phenolic OH excluding ortho intramolecular Hbond substituents is 1. The highest BCUT2D eigenvalue weighted by molar-refractivity contribution is 5.94. The molecule has 0 spiro atoms. The largest absolute Gasteiger partial charge is 0.505 e. The minimum absolute atomic E-state index is 0.108. The zero-order valence-corrected chi connectivity index (χ0v) is 14.0. The molecule has 3 N–H and O–H groups in total. The van der Waals surface area contributed by atoms with Gasteiger partial charge in [-0.15, -0.1) is 0 Å². The molecule has 0 aliphatic heterocycles. The number of halogens is 1. The van der Waals surface area contributed by atoms with Gasteiger partial charge in [0.1, 0.15) is 5.60 Å². The van der Waals surface area contributed by atoms with Crippen LogP contribution in [0, 0.1) is 5.82 Å². The molecule has 7 nitrogen and oxygen atoms in total. The summed E-state index contributed by atoms with van der Waals surface area (Å²) in [5.74, 6) is -1.83. The van der Waals surface area contributed by atoms with Crippen LogP contribution in [0.25, 0.3) is 0 Å². The van der Waals surface area contributed by atoms with Gasteiger partial charge in [-0.25, -0.2) is 9.18 Å². The van der Waals surface area contributed by atoms with Crippen LogP contribution in [-0.4, -0.2) is 49.0 Å². The van der Waals surface area contributed by atoms with E-state index in [2.05, 4.69) is 10.6 Å². The Balaban J connectivity index is 2.12. The Kier molecular flexibility index (Phi) is 7.44. The number of aromatic hydroxyl groups is 1. The second-order valence-corrected chi connectivity index (χ2v) is 5.96. The lowest BCUT2D eigenvalue weighted by Crippen LogP contribution is -2.34. The molecule has 1 aromatic rings. The Hall–Kier alpha value is -2.35. The summed E-state index contributed by atoms with van der Waals surface area (Å²) in [4.78, 5) is 23.1. The van der Waals surface area contributed by atoms with Gasteiger partial charge in [-0.3, -0.25) is 4.79 Å².